The standard InChI is InChI=1S/C23H33N9O/c1-4-5-6-23(2,15-33)30-20-17-14-25-18(11-19(17)28-21(24)29-20)16-12-26-22(27-13-16)32-9-7-31(3)8-10-32/h11-14,33H,4-10,15H2,1-3H3,(H3,24,28,29,30)/t23-/m1/s1. The Morgan fingerprint density at radius 2 is 1.82 bits per heavy atom. The molecule has 4 heterocycles. The van der Waals surface area contributed by atoms with E-state index in [9.17, 15) is 5.11 Å². The molecular weight excluding hydrogens is 418 g/mol. The van der Waals surface area contributed by atoms with Gasteiger partial charge in [-0.2, -0.15) is 4.98 Å². The number of rotatable bonds is 8. The van der Waals surface area contributed by atoms with Crippen LogP contribution < -0.4 is 16.0 Å². The molecule has 1 atom stereocenters. The predicted molar refractivity (Wildman–Crippen MR) is 131 cm³/mol. The second kappa shape index (κ2) is 9.80. The second-order valence-electron chi connectivity index (χ2n) is 9.03. The van der Waals surface area contributed by atoms with Gasteiger partial charge in [-0.1, -0.05) is 19.8 Å². The number of piperazine rings is 1. The third-order valence-electron chi connectivity index (χ3n) is 6.17. The summed E-state index contributed by atoms with van der Waals surface area (Å²) in [6, 6.07) is 1.87. The number of nitrogens with one attached hydrogen (secondary N) is 1. The molecule has 0 spiro atoms. The molecule has 0 saturated carbocycles. The molecular formula is C23H33N9O. The Kier molecular flexibility index (Phi) is 6.85. The van der Waals surface area contributed by atoms with Crippen LogP contribution in [-0.4, -0.2) is 80.3 Å². The lowest BCUT2D eigenvalue weighted by Gasteiger charge is -2.32. The maximum Gasteiger partial charge on any atom is 0.225 e. The van der Waals surface area contributed by atoms with Gasteiger partial charge in [0.25, 0.3) is 0 Å². The zero-order valence-electron chi connectivity index (χ0n) is 19.6. The van der Waals surface area contributed by atoms with Gasteiger partial charge in [0, 0.05) is 50.3 Å². The normalized spacial score (nSPS) is 16.7. The average molecular weight is 452 g/mol. The largest absolute Gasteiger partial charge is 0.394 e. The summed E-state index contributed by atoms with van der Waals surface area (Å²) in [6.45, 7) is 7.94. The van der Waals surface area contributed by atoms with Crippen LogP contribution in [0.4, 0.5) is 17.7 Å². The number of nitrogen functional groups attached to an aromatic ring is 1. The van der Waals surface area contributed by atoms with E-state index in [0.29, 0.717) is 17.0 Å². The highest BCUT2D eigenvalue weighted by molar-refractivity contribution is 5.91. The summed E-state index contributed by atoms with van der Waals surface area (Å²) in [5, 5.41) is 14.1. The van der Waals surface area contributed by atoms with Crippen LogP contribution in [0.5, 0.6) is 0 Å². The highest BCUT2D eigenvalue weighted by Gasteiger charge is 2.24. The molecule has 0 unspecified atom stereocenters. The van der Waals surface area contributed by atoms with E-state index in [1.54, 1.807) is 18.6 Å². The lowest BCUT2D eigenvalue weighted by Crippen LogP contribution is -2.45. The molecule has 1 aliphatic rings. The van der Waals surface area contributed by atoms with Gasteiger partial charge in [0.05, 0.1) is 28.7 Å². The Morgan fingerprint density at radius 3 is 2.48 bits per heavy atom. The van der Waals surface area contributed by atoms with Crippen LogP contribution in [0.3, 0.4) is 0 Å². The maximum absolute atomic E-state index is 9.96. The molecule has 0 aromatic carbocycles. The van der Waals surface area contributed by atoms with Crippen LogP contribution >= 0.6 is 0 Å². The Morgan fingerprint density at radius 1 is 1.09 bits per heavy atom. The van der Waals surface area contributed by atoms with E-state index >= 15 is 0 Å². The first-order chi connectivity index (χ1) is 15.9. The van der Waals surface area contributed by atoms with Gasteiger partial charge in [-0.05, 0) is 26.5 Å². The van der Waals surface area contributed by atoms with Crippen LogP contribution in [0, 0.1) is 0 Å². The molecule has 1 fully saturated rings. The molecule has 0 radical (unpaired) electrons. The van der Waals surface area contributed by atoms with Crippen molar-refractivity contribution in [2.24, 2.45) is 0 Å². The number of aromatic nitrogens is 5. The summed E-state index contributed by atoms with van der Waals surface area (Å²) in [4.78, 5) is 27.0. The molecule has 4 rings (SSSR count). The van der Waals surface area contributed by atoms with Crippen molar-refractivity contribution in [1.82, 2.24) is 29.8 Å². The summed E-state index contributed by atoms with van der Waals surface area (Å²) in [7, 11) is 2.12. The van der Waals surface area contributed by atoms with Gasteiger partial charge >= 0.3 is 0 Å². The summed E-state index contributed by atoms with van der Waals surface area (Å²) < 4.78 is 0. The van der Waals surface area contributed by atoms with Crippen LogP contribution in [0.15, 0.2) is 24.7 Å². The van der Waals surface area contributed by atoms with Crippen LogP contribution in [0.1, 0.15) is 33.1 Å². The average Bonchev–Trinajstić information content (AvgIpc) is 2.83. The number of likely N-dealkylation sites (N-methyl/N-ethyl adjacent to an activating group) is 1. The fourth-order valence-electron chi connectivity index (χ4n) is 3.95. The Bertz CT molecular complexity index is 1080. The molecule has 3 aromatic rings. The number of unbranched alkanes of at least 4 members (excludes halogenated alkanes) is 1. The first-order valence-electron chi connectivity index (χ1n) is 11.5. The van der Waals surface area contributed by atoms with Crippen molar-refractivity contribution in [2.75, 3.05) is 55.8 Å². The summed E-state index contributed by atoms with van der Waals surface area (Å²) in [5.74, 6) is 1.48. The summed E-state index contributed by atoms with van der Waals surface area (Å²) >= 11 is 0. The number of nitrogens with two attached hydrogens (primary N) is 1. The van der Waals surface area contributed by atoms with Gasteiger partial charge in [0.2, 0.25) is 11.9 Å². The van der Waals surface area contributed by atoms with Crippen LogP contribution in [-0.2, 0) is 0 Å². The van der Waals surface area contributed by atoms with Crippen molar-refractivity contribution in [3.05, 3.63) is 24.7 Å². The van der Waals surface area contributed by atoms with Gasteiger partial charge in [0.15, 0.2) is 0 Å². The van der Waals surface area contributed by atoms with E-state index in [0.717, 1.165) is 62.3 Å². The molecule has 0 aliphatic carbocycles. The minimum absolute atomic E-state index is 0.0130. The highest BCUT2D eigenvalue weighted by Crippen LogP contribution is 2.28. The molecule has 0 amide bonds. The molecule has 1 saturated heterocycles. The molecule has 10 nitrogen and oxygen atoms in total. The molecule has 10 heteroatoms. The van der Waals surface area contributed by atoms with E-state index in [2.05, 4.69) is 54.0 Å². The summed E-state index contributed by atoms with van der Waals surface area (Å²) in [6.07, 6.45) is 8.18. The van der Waals surface area contributed by atoms with Crippen molar-refractivity contribution >= 4 is 28.6 Å². The third-order valence-corrected chi connectivity index (χ3v) is 6.17. The van der Waals surface area contributed by atoms with Gasteiger partial charge in [0.1, 0.15) is 5.82 Å². The van der Waals surface area contributed by atoms with Crippen molar-refractivity contribution in [2.45, 2.75) is 38.6 Å². The molecule has 33 heavy (non-hydrogen) atoms. The van der Waals surface area contributed by atoms with E-state index in [1.165, 1.54) is 0 Å². The van der Waals surface area contributed by atoms with E-state index < -0.39 is 5.54 Å². The predicted octanol–water partition coefficient (Wildman–Crippen LogP) is 2.17. The number of fused-ring (bicyclic) bond motifs is 1. The van der Waals surface area contributed by atoms with E-state index in [-0.39, 0.29) is 12.6 Å². The van der Waals surface area contributed by atoms with Gasteiger partial charge in [-0.3, -0.25) is 4.98 Å². The lowest BCUT2D eigenvalue weighted by molar-refractivity contribution is 0.212. The molecule has 1 aliphatic heterocycles. The SMILES string of the molecule is CCCC[C@](C)(CO)Nc1nc(N)nc2cc(-c3cnc(N4CCN(C)CC4)nc3)ncc12. The first-order valence-corrected chi connectivity index (χ1v) is 11.5. The number of nitrogens with zero attached hydrogens (tertiary/aromatic N) is 7. The minimum atomic E-state index is -0.505. The number of aliphatic hydroxyl groups is 1. The molecule has 0 bridgehead atoms. The zero-order valence-corrected chi connectivity index (χ0v) is 19.6. The Labute approximate surface area is 194 Å². The van der Waals surface area contributed by atoms with E-state index in [4.69, 9.17) is 5.73 Å². The Hall–Kier alpha value is -3.11. The highest BCUT2D eigenvalue weighted by atomic mass is 16.3. The van der Waals surface area contributed by atoms with Crippen molar-refractivity contribution < 1.29 is 5.11 Å². The molecule has 4 N–H and O–H groups in total. The van der Waals surface area contributed by atoms with Crippen LogP contribution in [0.25, 0.3) is 22.2 Å². The fourth-order valence-corrected chi connectivity index (χ4v) is 3.95. The Balaban J connectivity index is 1.59. The van der Waals surface area contributed by atoms with Crippen molar-refractivity contribution in [1.29, 1.82) is 0 Å². The van der Waals surface area contributed by atoms with Gasteiger partial charge in [-0.15, -0.1) is 0 Å². The van der Waals surface area contributed by atoms with Gasteiger partial charge < -0.3 is 26.0 Å². The van der Waals surface area contributed by atoms with Gasteiger partial charge in [-0.25, -0.2) is 15.0 Å². The monoisotopic (exact) mass is 451 g/mol. The van der Waals surface area contributed by atoms with Crippen molar-refractivity contribution in [3.63, 3.8) is 0 Å². The smallest absolute Gasteiger partial charge is 0.225 e. The number of hydrogen-bond donors (Lipinski definition) is 3. The summed E-state index contributed by atoms with van der Waals surface area (Å²) in [5.41, 5.74) is 7.70. The fraction of sp³-hybridized carbons (Fsp3) is 0.522. The molecule has 3 aromatic heterocycles. The number of hydrogen-bond acceptors (Lipinski definition) is 10. The quantitative estimate of drug-likeness (QED) is 0.468. The van der Waals surface area contributed by atoms with Crippen LogP contribution in [0.2, 0.25) is 0 Å². The lowest BCUT2D eigenvalue weighted by atomic mass is 9.95. The maximum atomic E-state index is 9.96. The number of anilines is 3. The molecule has 176 valence electrons. The second-order valence-corrected chi connectivity index (χ2v) is 9.03. The number of pyridine rings is 1. The number of aliphatic hydroxyl groups excluding tert-OH is 1. The minimum Gasteiger partial charge on any atom is -0.394 e. The first kappa shape index (κ1) is 23.1. The topological polar surface area (TPSA) is 129 Å². The van der Waals surface area contributed by atoms with E-state index in [1.807, 2.05) is 13.0 Å². The third kappa shape index (κ3) is 5.28. The zero-order chi connectivity index (χ0) is 23.4. The van der Waals surface area contributed by atoms with Crippen molar-refractivity contribution in [3.8, 4) is 11.3 Å².